The van der Waals surface area contributed by atoms with Gasteiger partial charge in [0, 0.05) is 18.0 Å². The second-order valence-corrected chi connectivity index (χ2v) is 2.12. The zero-order chi connectivity index (χ0) is 8.27. The minimum absolute atomic E-state index is 0. The van der Waals surface area contributed by atoms with Crippen LogP contribution in [0.2, 0.25) is 0 Å². The number of methoxy groups -OCH3 is 1. The first kappa shape index (κ1) is 11.6. The Hall–Kier alpha value is -0.450. The van der Waals surface area contributed by atoms with Crippen molar-refractivity contribution in [1.82, 2.24) is 4.98 Å². The Balaban J connectivity index is 0.00000121. The number of hydrogen-bond donors (Lipinski definition) is 2. The number of esters is 1. The summed E-state index contributed by atoms with van der Waals surface area (Å²) >= 11 is 0. The Kier molecular flexibility index (Phi) is 5.04. The molecule has 1 aromatic rings. The fraction of sp³-hybridized carbons (Fsp3) is 0.286. The zero-order valence-corrected chi connectivity index (χ0v) is 6.13. The number of aromatic nitrogens is 1. The van der Waals surface area contributed by atoms with E-state index in [1.165, 1.54) is 13.3 Å². The fourth-order valence-corrected chi connectivity index (χ4v) is 0.757. The third kappa shape index (κ3) is 2.89. The van der Waals surface area contributed by atoms with Crippen molar-refractivity contribution >= 4 is 35.5 Å². The molecule has 0 aliphatic rings. The molecule has 1 aromatic heterocycles. The molecule has 1 rings (SSSR count). The number of rotatable bonds is 2. The zero-order valence-electron chi connectivity index (χ0n) is 6.13. The molecule has 0 aliphatic heterocycles. The molecule has 62 valence electrons. The molecule has 0 spiro atoms. The van der Waals surface area contributed by atoms with Gasteiger partial charge in [-0.1, -0.05) is 0 Å². The standard InChI is InChI=1S/C7H9NO3.Na.H/c1-11-7(10)2-5-3-8-4-6(5)9;;/h3-4,8-9H,2H2,1H3;;. The van der Waals surface area contributed by atoms with Gasteiger partial charge >= 0.3 is 35.5 Å². The first-order valence-electron chi connectivity index (χ1n) is 3.15. The number of aromatic hydroxyl groups is 1. The summed E-state index contributed by atoms with van der Waals surface area (Å²) in [5, 5.41) is 9.06. The van der Waals surface area contributed by atoms with Gasteiger partial charge < -0.3 is 14.8 Å². The van der Waals surface area contributed by atoms with Crippen molar-refractivity contribution in [2.75, 3.05) is 7.11 Å². The van der Waals surface area contributed by atoms with Gasteiger partial charge in [-0.2, -0.15) is 0 Å². The first-order chi connectivity index (χ1) is 5.24. The summed E-state index contributed by atoms with van der Waals surface area (Å²) in [5.41, 5.74) is 0.553. The van der Waals surface area contributed by atoms with Gasteiger partial charge in [0.05, 0.1) is 13.5 Å². The molecule has 5 heteroatoms. The predicted octanol–water partition coefficient (Wildman–Crippen LogP) is -0.213. The van der Waals surface area contributed by atoms with Crippen LogP contribution < -0.4 is 0 Å². The number of aromatic amines is 1. The van der Waals surface area contributed by atoms with Crippen molar-refractivity contribution < 1.29 is 14.6 Å². The number of carbonyl (C=O) groups excluding carboxylic acids is 1. The summed E-state index contributed by atoms with van der Waals surface area (Å²) in [5.74, 6) is -0.268. The van der Waals surface area contributed by atoms with Gasteiger partial charge in [-0.15, -0.1) is 0 Å². The normalized spacial score (nSPS) is 8.75. The van der Waals surface area contributed by atoms with Crippen LogP contribution >= 0.6 is 0 Å². The maximum absolute atomic E-state index is 10.7. The number of nitrogens with one attached hydrogen (secondary N) is 1. The molecule has 0 saturated heterocycles. The van der Waals surface area contributed by atoms with E-state index in [4.69, 9.17) is 5.11 Å². The van der Waals surface area contributed by atoms with E-state index in [1.807, 2.05) is 0 Å². The van der Waals surface area contributed by atoms with Crippen LogP contribution in [-0.2, 0) is 16.0 Å². The van der Waals surface area contributed by atoms with E-state index in [0.717, 1.165) is 0 Å². The minimum atomic E-state index is -0.361. The monoisotopic (exact) mass is 179 g/mol. The van der Waals surface area contributed by atoms with Crippen molar-refractivity contribution in [3.8, 4) is 5.75 Å². The topological polar surface area (TPSA) is 62.3 Å². The van der Waals surface area contributed by atoms with Gasteiger partial charge in [0.25, 0.3) is 0 Å². The van der Waals surface area contributed by atoms with E-state index in [1.54, 1.807) is 6.20 Å². The van der Waals surface area contributed by atoms with Crippen molar-refractivity contribution in [2.45, 2.75) is 6.42 Å². The SMILES string of the molecule is COC(=O)Cc1c[nH]cc1O.[NaH]. The van der Waals surface area contributed by atoms with Crippen LogP contribution in [0.15, 0.2) is 12.4 Å². The molecule has 0 radical (unpaired) electrons. The van der Waals surface area contributed by atoms with Crippen molar-refractivity contribution in [3.05, 3.63) is 18.0 Å². The summed E-state index contributed by atoms with van der Waals surface area (Å²) in [6.07, 6.45) is 3.08. The molecule has 1 heterocycles. The van der Waals surface area contributed by atoms with Gasteiger partial charge in [0.15, 0.2) is 0 Å². The van der Waals surface area contributed by atoms with Gasteiger partial charge in [-0.25, -0.2) is 0 Å². The van der Waals surface area contributed by atoms with E-state index >= 15 is 0 Å². The number of H-pyrrole nitrogens is 1. The second kappa shape index (κ2) is 5.24. The van der Waals surface area contributed by atoms with Gasteiger partial charge in [0.2, 0.25) is 0 Å². The molecule has 0 aromatic carbocycles. The van der Waals surface area contributed by atoms with E-state index in [2.05, 4.69) is 9.72 Å². The second-order valence-electron chi connectivity index (χ2n) is 2.12. The molecule has 12 heavy (non-hydrogen) atoms. The van der Waals surface area contributed by atoms with Gasteiger partial charge in [-0.3, -0.25) is 4.79 Å². The molecule has 0 unspecified atom stereocenters. The fourth-order valence-electron chi connectivity index (χ4n) is 0.757. The Bertz CT molecular complexity index is 259. The average molecular weight is 179 g/mol. The van der Waals surface area contributed by atoms with Gasteiger partial charge in [-0.05, 0) is 0 Å². The first-order valence-corrected chi connectivity index (χ1v) is 3.15. The molecule has 0 amide bonds. The predicted molar refractivity (Wildman–Crippen MR) is 45.3 cm³/mol. The van der Waals surface area contributed by atoms with E-state index < -0.39 is 0 Å². The Morgan fingerprint density at radius 1 is 1.67 bits per heavy atom. The third-order valence-corrected chi connectivity index (χ3v) is 1.37. The molecule has 0 bridgehead atoms. The number of carbonyl (C=O) groups is 1. The van der Waals surface area contributed by atoms with E-state index in [9.17, 15) is 4.79 Å². The summed E-state index contributed by atoms with van der Waals surface area (Å²) in [6, 6.07) is 0. The summed E-state index contributed by atoms with van der Waals surface area (Å²) in [6.45, 7) is 0. The molecular formula is C7H10NNaO3. The van der Waals surface area contributed by atoms with Crippen LogP contribution in [0, 0.1) is 0 Å². The number of hydrogen-bond acceptors (Lipinski definition) is 3. The summed E-state index contributed by atoms with van der Waals surface area (Å²) in [4.78, 5) is 13.4. The molecule has 2 N–H and O–H groups in total. The van der Waals surface area contributed by atoms with Crippen LogP contribution in [0.25, 0.3) is 0 Å². The third-order valence-electron chi connectivity index (χ3n) is 1.37. The molecule has 4 nitrogen and oxygen atoms in total. The average Bonchev–Trinajstić information content (AvgIpc) is 2.37. The van der Waals surface area contributed by atoms with Crippen molar-refractivity contribution in [3.63, 3.8) is 0 Å². The van der Waals surface area contributed by atoms with Crippen molar-refractivity contribution in [2.24, 2.45) is 0 Å². The molecule has 0 aliphatic carbocycles. The number of ether oxygens (including phenoxy) is 1. The molecule has 0 fully saturated rings. The molecular weight excluding hydrogens is 169 g/mol. The Morgan fingerprint density at radius 2 is 2.33 bits per heavy atom. The van der Waals surface area contributed by atoms with Crippen LogP contribution in [0.4, 0.5) is 0 Å². The Labute approximate surface area is 92.2 Å². The van der Waals surface area contributed by atoms with Crippen LogP contribution in [0.3, 0.4) is 0 Å². The van der Waals surface area contributed by atoms with E-state index in [-0.39, 0.29) is 47.7 Å². The summed E-state index contributed by atoms with van der Waals surface area (Å²) < 4.78 is 4.41. The Morgan fingerprint density at radius 3 is 2.75 bits per heavy atom. The quantitative estimate of drug-likeness (QED) is 0.487. The maximum atomic E-state index is 10.7. The summed E-state index contributed by atoms with van der Waals surface area (Å²) in [7, 11) is 1.31. The van der Waals surface area contributed by atoms with Crippen LogP contribution in [0.1, 0.15) is 5.56 Å². The van der Waals surface area contributed by atoms with E-state index in [0.29, 0.717) is 5.56 Å². The van der Waals surface area contributed by atoms with Crippen LogP contribution in [0.5, 0.6) is 5.75 Å². The molecule has 0 saturated carbocycles. The van der Waals surface area contributed by atoms with Crippen molar-refractivity contribution in [1.29, 1.82) is 0 Å². The van der Waals surface area contributed by atoms with Gasteiger partial charge in [0.1, 0.15) is 5.75 Å². The molecule has 0 atom stereocenters. The van der Waals surface area contributed by atoms with Crippen LogP contribution in [-0.4, -0.2) is 52.7 Å².